The fourth-order valence-corrected chi connectivity index (χ4v) is 10.9. The molecule has 8 aromatic carbocycles. The second-order valence-corrected chi connectivity index (χ2v) is 17.9. The van der Waals surface area contributed by atoms with Crippen LogP contribution >= 0.6 is 0 Å². The van der Waals surface area contributed by atoms with E-state index in [4.69, 9.17) is 0 Å². The molecule has 9 aromatic rings. The number of hydrogen-bond donors (Lipinski definition) is 0. The maximum absolute atomic E-state index is 2.54. The maximum atomic E-state index is 2.54. The summed E-state index contributed by atoms with van der Waals surface area (Å²) in [7, 11) is 0. The molecule has 12 rings (SSSR count). The first kappa shape index (κ1) is 37.4. The minimum absolute atomic E-state index is 0.0784. The topological polar surface area (TPSA) is 8.17 Å². The quantitative estimate of drug-likeness (QED) is 0.156. The normalized spacial score (nSPS) is 15.2. The van der Waals surface area contributed by atoms with E-state index in [2.05, 4.69) is 230 Å². The van der Waals surface area contributed by atoms with Gasteiger partial charge in [-0.1, -0.05) is 178 Å². The van der Waals surface area contributed by atoms with Crippen LogP contribution in [-0.2, 0) is 5.41 Å². The van der Waals surface area contributed by atoms with Crippen molar-refractivity contribution in [3.8, 4) is 39.1 Å². The Morgan fingerprint density at radius 1 is 0.524 bits per heavy atom. The van der Waals surface area contributed by atoms with Gasteiger partial charge in [0.1, 0.15) is 0 Å². The first-order valence-electron chi connectivity index (χ1n) is 22.5. The van der Waals surface area contributed by atoms with Crippen molar-refractivity contribution in [3.05, 3.63) is 234 Å². The summed E-state index contributed by atoms with van der Waals surface area (Å²) >= 11 is 0. The van der Waals surface area contributed by atoms with Gasteiger partial charge in [0.25, 0.3) is 0 Å². The third kappa shape index (κ3) is 6.08. The van der Waals surface area contributed by atoms with Crippen LogP contribution in [0.15, 0.2) is 223 Å². The van der Waals surface area contributed by atoms with Gasteiger partial charge in [0.15, 0.2) is 0 Å². The number of benzene rings is 8. The van der Waals surface area contributed by atoms with Gasteiger partial charge in [-0.25, -0.2) is 0 Å². The molecule has 0 fully saturated rings. The average molecular weight is 809 g/mol. The molecule has 0 spiro atoms. The average Bonchev–Trinajstić information content (AvgIpc) is 3.81. The minimum atomic E-state index is -0.0784. The molecule has 3 aliphatic rings. The van der Waals surface area contributed by atoms with Crippen LogP contribution in [0.3, 0.4) is 0 Å². The molecule has 0 unspecified atom stereocenters. The van der Waals surface area contributed by atoms with E-state index < -0.39 is 0 Å². The fraction of sp³-hybridized carbons (Fsp3) is 0.115. The number of anilines is 2. The van der Waals surface area contributed by atoms with Gasteiger partial charge in [-0.2, -0.15) is 0 Å². The molecule has 0 saturated heterocycles. The summed E-state index contributed by atoms with van der Waals surface area (Å²) in [5.41, 5.74) is 20.4. The van der Waals surface area contributed by atoms with Crippen LogP contribution in [0, 0.1) is 0 Å². The Balaban J connectivity index is 0.937. The summed E-state index contributed by atoms with van der Waals surface area (Å²) in [6.45, 7) is 4.75. The standard InChI is InChI=1S/C61H48N2/c1-61(2)55-23-12-10-22-54(55)59-56(61)24-14-26-58(59)62(46-34-27-42(28-35-46)41-15-4-3-5-16-41)47-36-29-44(30-37-47)49-18-8-9-19-50(49)45-31-38-48(39-32-45)63-57-25-13-11-21-52(57)53-40-33-43-17-6-7-20-51(43)60(53)63/h4,6-27,29-34,36-40H,3,5,28,35H2,1-2H3. The van der Waals surface area contributed by atoms with E-state index >= 15 is 0 Å². The molecule has 3 aliphatic carbocycles. The largest absolute Gasteiger partial charge is 0.314 e. The molecule has 1 aromatic heterocycles. The van der Waals surface area contributed by atoms with E-state index in [9.17, 15) is 0 Å². The first-order chi connectivity index (χ1) is 31.0. The Bertz CT molecular complexity index is 3400. The number of aromatic nitrogens is 1. The summed E-state index contributed by atoms with van der Waals surface area (Å²) in [5.74, 6) is 0. The van der Waals surface area contributed by atoms with Crippen LogP contribution in [0.5, 0.6) is 0 Å². The zero-order valence-corrected chi connectivity index (χ0v) is 35.9. The molecule has 0 radical (unpaired) electrons. The zero-order valence-electron chi connectivity index (χ0n) is 35.9. The highest BCUT2D eigenvalue weighted by Gasteiger charge is 2.38. The smallest absolute Gasteiger partial charge is 0.0619 e. The lowest BCUT2D eigenvalue weighted by Crippen LogP contribution is -2.20. The summed E-state index contributed by atoms with van der Waals surface area (Å²) in [6, 6.07) is 65.3. The molecular formula is C61H48N2. The van der Waals surface area contributed by atoms with Gasteiger partial charge in [-0.3, -0.25) is 0 Å². The lowest BCUT2D eigenvalue weighted by atomic mass is 9.82. The van der Waals surface area contributed by atoms with E-state index in [1.165, 1.54) is 105 Å². The Morgan fingerprint density at radius 3 is 1.95 bits per heavy atom. The molecule has 0 atom stereocenters. The van der Waals surface area contributed by atoms with Gasteiger partial charge in [-0.15, -0.1) is 0 Å². The fourth-order valence-electron chi connectivity index (χ4n) is 10.9. The van der Waals surface area contributed by atoms with Crippen molar-refractivity contribution in [1.29, 1.82) is 0 Å². The number of fused-ring (bicyclic) bond motifs is 8. The minimum Gasteiger partial charge on any atom is -0.314 e. The van der Waals surface area contributed by atoms with E-state index in [-0.39, 0.29) is 5.41 Å². The third-order valence-corrected chi connectivity index (χ3v) is 14.0. The number of allylic oxidation sites excluding steroid dienone is 8. The first-order valence-corrected chi connectivity index (χ1v) is 22.5. The SMILES string of the molecule is CC1(C)c2ccccc2-c2c(N(C3=CC=C(C4=CCCC=C4)CC3)c3ccc(-c4ccccc4-c4ccc(-n5c6ccccc6c6ccc7ccccc7c65)cc4)cc3)cccc21. The Labute approximate surface area is 370 Å². The molecule has 0 aliphatic heterocycles. The molecule has 0 saturated carbocycles. The van der Waals surface area contributed by atoms with Crippen molar-refractivity contribution in [3.63, 3.8) is 0 Å². The molecule has 0 bridgehead atoms. The summed E-state index contributed by atoms with van der Waals surface area (Å²) in [5, 5.41) is 5.07. The molecule has 1 heterocycles. The molecular weight excluding hydrogens is 761 g/mol. The van der Waals surface area contributed by atoms with E-state index in [0.717, 1.165) is 31.4 Å². The Morgan fingerprint density at radius 2 is 1.21 bits per heavy atom. The molecule has 63 heavy (non-hydrogen) atoms. The number of para-hydroxylation sites is 1. The van der Waals surface area contributed by atoms with Crippen LogP contribution in [-0.4, -0.2) is 4.57 Å². The van der Waals surface area contributed by atoms with Gasteiger partial charge in [0.2, 0.25) is 0 Å². The summed E-state index contributed by atoms with van der Waals surface area (Å²) in [6.07, 6.45) is 16.0. The number of nitrogens with zero attached hydrogens (tertiary/aromatic N) is 2. The van der Waals surface area contributed by atoms with Crippen LogP contribution < -0.4 is 4.90 Å². The van der Waals surface area contributed by atoms with Gasteiger partial charge in [0.05, 0.1) is 16.7 Å². The van der Waals surface area contributed by atoms with Crippen molar-refractivity contribution in [1.82, 2.24) is 4.57 Å². The molecule has 0 amide bonds. The molecule has 302 valence electrons. The summed E-state index contributed by atoms with van der Waals surface area (Å²) in [4.78, 5) is 2.54. The van der Waals surface area contributed by atoms with E-state index in [1.807, 2.05) is 0 Å². The van der Waals surface area contributed by atoms with Gasteiger partial charge in [0, 0.05) is 44.2 Å². The second kappa shape index (κ2) is 14.9. The van der Waals surface area contributed by atoms with Crippen molar-refractivity contribution in [2.24, 2.45) is 0 Å². The monoisotopic (exact) mass is 808 g/mol. The third-order valence-electron chi connectivity index (χ3n) is 14.0. The lowest BCUT2D eigenvalue weighted by molar-refractivity contribution is 0.660. The Kier molecular flexibility index (Phi) is 8.83. The Hall–Kier alpha value is -7.42. The van der Waals surface area contributed by atoms with Gasteiger partial charge in [-0.05, 0) is 124 Å². The predicted molar refractivity (Wildman–Crippen MR) is 267 cm³/mol. The van der Waals surface area contributed by atoms with E-state index in [1.54, 1.807) is 0 Å². The highest BCUT2D eigenvalue weighted by atomic mass is 15.2. The van der Waals surface area contributed by atoms with Crippen LogP contribution in [0.1, 0.15) is 50.7 Å². The van der Waals surface area contributed by atoms with Crippen LogP contribution in [0.4, 0.5) is 11.4 Å². The van der Waals surface area contributed by atoms with Crippen LogP contribution in [0.2, 0.25) is 0 Å². The number of rotatable bonds is 7. The van der Waals surface area contributed by atoms with Crippen molar-refractivity contribution in [2.75, 3.05) is 4.90 Å². The molecule has 0 N–H and O–H groups in total. The molecule has 2 nitrogen and oxygen atoms in total. The maximum Gasteiger partial charge on any atom is 0.0619 e. The van der Waals surface area contributed by atoms with Crippen molar-refractivity contribution in [2.45, 2.75) is 44.9 Å². The van der Waals surface area contributed by atoms with E-state index in [0.29, 0.717) is 0 Å². The van der Waals surface area contributed by atoms with Crippen molar-refractivity contribution < 1.29 is 0 Å². The highest BCUT2D eigenvalue weighted by molar-refractivity contribution is 6.18. The predicted octanol–water partition coefficient (Wildman–Crippen LogP) is 16.6. The van der Waals surface area contributed by atoms with Crippen molar-refractivity contribution >= 4 is 44.0 Å². The zero-order chi connectivity index (χ0) is 42.1. The van der Waals surface area contributed by atoms with Gasteiger partial charge < -0.3 is 9.47 Å². The summed E-state index contributed by atoms with van der Waals surface area (Å²) < 4.78 is 2.44. The van der Waals surface area contributed by atoms with Gasteiger partial charge >= 0.3 is 0 Å². The lowest BCUT2D eigenvalue weighted by Gasteiger charge is -2.32. The highest BCUT2D eigenvalue weighted by Crippen LogP contribution is 2.54. The molecule has 2 heteroatoms. The second-order valence-electron chi connectivity index (χ2n) is 17.9. The number of hydrogen-bond acceptors (Lipinski definition) is 1. The van der Waals surface area contributed by atoms with Crippen LogP contribution in [0.25, 0.3) is 71.6 Å².